The fourth-order valence-corrected chi connectivity index (χ4v) is 1.74. The number of hydrogen-bond donors (Lipinski definition) is 2. The van der Waals surface area contributed by atoms with Gasteiger partial charge in [-0.25, -0.2) is 0 Å². The zero-order chi connectivity index (χ0) is 16.4. The highest BCUT2D eigenvalue weighted by atomic mass is 16.5. The van der Waals surface area contributed by atoms with E-state index in [4.69, 9.17) is 15.7 Å². The highest BCUT2D eigenvalue weighted by molar-refractivity contribution is 6.38. The lowest BCUT2D eigenvalue weighted by Gasteiger charge is -2.06. The van der Waals surface area contributed by atoms with Gasteiger partial charge in [0.1, 0.15) is 5.71 Å². The van der Waals surface area contributed by atoms with E-state index < -0.39 is 5.97 Å². The van der Waals surface area contributed by atoms with E-state index in [1.54, 1.807) is 6.21 Å². The number of carbonyl (C=O) groups is 1. The van der Waals surface area contributed by atoms with Gasteiger partial charge in [-0.1, -0.05) is 18.2 Å². The molecule has 0 aliphatic heterocycles. The number of hydrazone groups is 1. The molecule has 3 N–H and O–H groups in total. The van der Waals surface area contributed by atoms with E-state index >= 15 is 0 Å². The molecule has 22 heavy (non-hydrogen) atoms. The maximum absolute atomic E-state index is 10.4. The van der Waals surface area contributed by atoms with Crippen LogP contribution in [0, 0.1) is 0 Å². The molecule has 0 unspecified atom stereocenters. The van der Waals surface area contributed by atoms with Crippen molar-refractivity contribution in [3.8, 4) is 0 Å². The number of carboxylic acid groups (broad SMARTS) is 1. The highest BCUT2D eigenvalue weighted by Crippen LogP contribution is 2.07. The van der Waals surface area contributed by atoms with Crippen molar-refractivity contribution in [2.45, 2.75) is 32.7 Å². The predicted molar refractivity (Wildman–Crippen MR) is 87.6 cm³/mol. The standard InChI is InChI=1S/C16H23N3O3/c1-12(2)18-11-15(19-17)14-5-3-4-13(10-14)6-8-22-9-7-16(20)21/h3-5,10-12H,6-9,17H2,1-2H3,(H,20,21). The Labute approximate surface area is 130 Å². The average Bonchev–Trinajstić information content (AvgIpc) is 2.47. The maximum atomic E-state index is 10.4. The summed E-state index contributed by atoms with van der Waals surface area (Å²) in [5.74, 6) is 4.57. The Balaban J connectivity index is 2.59. The van der Waals surface area contributed by atoms with Gasteiger partial charge in [-0.05, 0) is 31.9 Å². The molecule has 0 radical (unpaired) electrons. The van der Waals surface area contributed by atoms with Crippen molar-refractivity contribution in [3.05, 3.63) is 35.4 Å². The monoisotopic (exact) mass is 305 g/mol. The molecule has 0 amide bonds. The van der Waals surface area contributed by atoms with Gasteiger partial charge in [0.2, 0.25) is 0 Å². The molecule has 0 saturated carbocycles. The lowest BCUT2D eigenvalue weighted by atomic mass is 10.1. The summed E-state index contributed by atoms with van der Waals surface area (Å²) in [6, 6.07) is 8.00. The van der Waals surface area contributed by atoms with Gasteiger partial charge in [-0.15, -0.1) is 0 Å². The smallest absolute Gasteiger partial charge is 0.305 e. The first kappa shape index (κ1) is 17.8. The van der Waals surface area contributed by atoms with Crippen LogP contribution in [0.4, 0.5) is 0 Å². The largest absolute Gasteiger partial charge is 0.481 e. The van der Waals surface area contributed by atoms with Crippen molar-refractivity contribution >= 4 is 17.9 Å². The molecule has 1 aromatic carbocycles. The molecule has 0 heterocycles. The molecule has 6 heteroatoms. The van der Waals surface area contributed by atoms with E-state index in [-0.39, 0.29) is 19.1 Å². The summed E-state index contributed by atoms with van der Waals surface area (Å²) >= 11 is 0. The molecule has 0 aliphatic rings. The summed E-state index contributed by atoms with van der Waals surface area (Å²) in [5, 5.41) is 12.3. The Kier molecular flexibility index (Phi) is 7.85. The molecule has 0 aromatic heterocycles. The number of carboxylic acids is 1. The van der Waals surface area contributed by atoms with Gasteiger partial charge < -0.3 is 15.7 Å². The first-order chi connectivity index (χ1) is 10.5. The summed E-state index contributed by atoms with van der Waals surface area (Å²) in [7, 11) is 0. The molecule has 0 saturated heterocycles. The number of aliphatic carboxylic acids is 1. The van der Waals surface area contributed by atoms with Gasteiger partial charge in [0.25, 0.3) is 0 Å². The van der Waals surface area contributed by atoms with Crippen LogP contribution >= 0.6 is 0 Å². The average molecular weight is 305 g/mol. The van der Waals surface area contributed by atoms with Crippen molar-refractivity contribution in [2.24, 2.45) is 15.9 Å². The summed E-state index contributed by atoms with van der Waals surface area (Å²) in [5.41, 5.74) is 2.60. The molecule has 0 aliphatic carbocycles. The third-order valence-electron chi connectivity index (χ3n) is 2.85. The van der Waals surface area contributed by atoms with Gasteiger partial charge in [0.15, 0.2) is 0 Å². The Morgan fingerprint density at radius 2 is 2.18 bits per heavy atom. The number of nitrogens with zero attached hydrogens (tertiary/aromatic N) is 2. The highest BCUT2D eigenvalue weighted by Gasteiger charge is 2.03. The molecule has 1 aromatic rings. The normalized spacial score (nSPS) is 12.2. The first-order valence-electron chi connectivity index (χ1n) is 7.23. The number of benzene rings is 1. The molecule has 120 valence electrons. The van der Waals surface area contributed by atoms with Crippen LogP contribution in [0.1, 0.15) is 31.4 Å². The SMILES string of the molecule is CC(C)N=CC(=NN)c1cccc(CCOCCC(=O)O)c1. The van der Waals surface area contributed by atoms with E-state index in [0.717, 1.165) is 11.1 Å². The van der Waals surface area contributed by atoms with Gasteiger partial charge in [-0.3, -0.25) is 9.79 Å². The van der Waals surface area contributed by atoms with Crippen molar-refractivity contribution in [3.63, 3.8) is 0 Å². The fourth-order valence-electron chi connectivity index (χ4n) is 1.74. The molecular formula is C16H23N3O3. The van der Waals surface area contributed by atoms with Gasteiger partial charge in [0.05, 0.1) is 19.6 Å². The minimum absolute atomic E-state index is 0.0235. The maximum Gasteiger partial charge on any atom is 0.305 e. The van der Waals surface area contributed by atoms with Crippen molar-refractivity contribution in [1.29, 1.82) is 0 Å². The van der Waals surface area contributed by atoms with Crippen LogP contribution in [0.25, 0.3) is 0 Å². The van der Waals surface area contributed by atoms with Crippen LogP contribution in [0.15, 0.2) is 34.4 Å². The van der Waals surface area contributed by atoms with Crippen molar-refractivity contribution < 1.29 is 14.6 Å². The number of nitrogens with two attached hydrogens (primary N) is 1. The number of hydrogen-bond acceptors (Lipinski definition) is 5. The molecule has 0 atom stereocenters. The number of ether oxygens (including phenoxy) is 1. The summed E-state index contributed by atoms with van der Waals surface area (Å²) in [6.07, 6.45) is 2.40. The first-order valence-corrected chi connectivity index (χ1v) is 7.23. The summed E-state index contributed by atoms with van der Waals surface area (Å²) in [6.45, 7) is 4.67. The Morgan fingerprint density at radius 1 is 1.41 bits per heavy atom. The van der Waals surface area contributed by atoms with Crippen LogP contribution in [-0.2, 0) is 16.0 Å². The minimum Gasteiger partial charge on any atom is -0.481 e. The van der Waals surface area contributed by atoms with Crippen molar-refractivity contribution in [2.75, 3.05) is 13.2 Å². The molecule has 1 rings (SSSR count). The third kappa shape index (κ3) is 6.99. The Hall–Kier alpha value is -2.21. The van der Waals surface area contributed by atoms with E-state index in [9.17, 15) is 4.79 Å². The molecule has 0 spiro atoms. The second-order valence-corrected chi connectivity index (χ2v) is 5.09. The van der Waals surface area contributed by atoms with Crippen LogP contribution in [0.5, 0.6) is 0 Å². The zero-order valence-corrected chi connectivity index (χ0v) is 13.0. The van der Waals surface area contributed by atoms with E-state index in [2.05, 4.69) is 10.1 Å². The molecular weight excluding hydrogens is 282 g/mol. The molecule has 0 fully saturated rings. The van der Waals surface area contributed by atoms with Crippen LogP contribution in [0.2, 0.25) is 0 Å². The fraction of sp³-hybridized carbons (Fsp3) is 0.438. The second kappa shape index (κ2) is 9.68. The lowest BCUT2D eigenvalue weighted by Crippen LogP contribution is -2.09. The quantitative estimate of drug-likeness (QED) is 0.315. The van der Waals surface area contributed by atoms with Gasteiger partial charge >= 0.3 is 5.97 Å². The zero-order valence-electron chi connectivity index (χ0n) is 13.0. The third-order valence-corrected chi connectivity index (χ3v) is 2.85. The summed E-state index contributed by atoms with van der Waals surface area (Å²) < 4.78 is 5.29. The molecule has 0 bridgehead atoms. The summed E-state index contributed by atoms with van der Waals surface area (Å²) in [4.78, 5) is 14.7. The van der Waals surface area contributed by atoms with E-state index in [1.807, 2.05) is 38.1 Å². The second-order valence-electron chi connectivity index (χ2n) is 5.09. The predicted octanol–water partition coefficient (Wildman–Crippen LogP) is 1.86. The Morgan fingerprint density at radius 3 is 2.82 bits per heavy atom. The van der Waals surface area contributed by atoms with Crippen molar-refractivity contribution in [1.82, 2.24) is 0 Å². The van der Waals surface area contributed by atoms with Crippen LogP contribution < -0.4 is 5.84 Å². The number of aliphatic imine (C=N–C) groups is 1. The van der Waals surface area contributed by atoms with Gasteiger partial charge in [-0.2, -0.15) is 5.10 Å². The lowest BCUT2D eigenvalue weighted by molar-refractivity contribution is -0.138. The van der Waals surface area contributed by atoms with Gasteiger partial charge in [0, 0.05) is 17.8 Å². The topological polar surface area (TPSA) is 97.3 Å². The minimum atomic E-state index is -0.852. The number of rotatable bonds is 9. The van der Waals surface area contributed by atoms with E-state index in [1.165, 1.54) is 0 Å². The Bertz CT molecular complexity index is 539. The van der Waals surface area contributed by atoms with Crippen LogP contribution in [-0.4, -0.2) is 42.3 Å². The molecule has 6 nitrogen and oxygen atoms in total. The van der Waals surface area contributed by atoms with E-state index in [0.29, 0.717) is 18.7 Å². The van der Waals surface area contributed by atoms with Crippen LogP contribution in [0.3, 0.4) is 0 Å².